The summed E-state index contributed by atoms with van der Waals surface area (Å²) in [5.74, 6) is 0.490. The Kier molecular flexibility index (Phi) is 5.14. The van der Waals surface area contributed by atoms with Crippen LogP contribution in [0.2, 0.25) is 0 Å². The summed E-state index contributed by atoms with van der Waals surface area (Å²) in [5.41, 5.74) is 3.81. The predicted molar refractivity (Wildman–Crippen MR) is 97.8 cm³/mol. The standard InChI is InChI=1S/C18H23N3O2S/c1-4-5-10-20-14(3)13(2)19-17(20)24-12-11-21-15-8-6-7-9-16(15)23-18(21)22/h6-9H,4-5,10-12H2,1-3H3. The van der Waals surface area contributed by atoms with E-state index < -0.39 is 0 Å². The molecule has 3 aromatic rings. The van der Waals surface area contributed by atoms with E-state index in [1.165, 1.54) is 5.69 Å². The fourth-order valence-corrected chi connectivity index (χ4v) is 3.81. The SMILES string of the molecule is CCCCn1c(SCCn2c(=O)oc3ccccc32)nc(C)c1C. The van der Waals surface area contributed by atoms with E-state index in [0.29, 0.717) is 12.1 Å². The van der Waals surface area contributed by atoms with Gasteiger partial charge in [0.15, 0.2) is 10.7 Å². The van der Waals surface area contributed by atoms with Gasteiger partial charge in [0.1, 0.15) is 0 Å². The lowest BCUT2D eigenvalue weighted by Gasteiger charge is -2.09. The van der Waals surface area contributed by atoms with Crippen molar-refractivity contribution >= 4 is 22.9 Å². The Morgan fingerprint density at radius 2 is 1.96 bits per heavy atom. The molecule has 0 N–H and O–H groups in total. The number of rotatable bonds is 7. The number of unbranched alkanes of at least 4 members (excludes halogenated alkanes) is 1. The molecule has 2 aromatic heterocycles. The Labute approximate surface area is 145 Å². The second-order valence-corrected chi connectivity index (χ2v) is 6.97. The maximum atomic E-state index is 12.0. The van der Waals surface area contributed by atoms with Crippen LogP contribution in [-0.2, 0) is 13.1 Å². The average Bonchev–Trinajstić information content (AvgIpc) is 3.03. The van der Waals surface area contributed by atoms with Crippen LogP contribution in [0.1, 0.15) is 31.2 Å². The number of thioether (sulfide) groups is 1. The van der Waals surface area contributed by atoms with Crippen molar-refractivity contribution in [2.75, 3.05) is 5.75 Å². The van der Waals surface area contributed by atoms with Gasteiger partial charge in [-0.3, -0.25) is 4.57 Å². The first kappa shape index (κ1) is 16.9. The molecule has 0 atom stereocenters. The monoisotopic (exact) mass is 345 g/mol. The van der Waals surface area contributed by atoms with E-state index in [1.807, 2.05) is 24.3 Å². The van der Waals surface area contributed by atoms with Crippen molar-refractivity contribution in [2.24, 2.45) is 0 Å². The van der Waals surface area contributed by atoms with Gasteiger partial charge in [-0.2, -0.15) is 0 Å². The van der Waals surface area contributed by atoms with E-state index in [0.717, 1.165) is 41.5 Å². The van der Waals surface area contributed by atoms with Crippen molar-refractivity contribution in [1.82, 2.24) is 14.1 Å². The minimum absolute atomic E-state index is 0.293. The van der Waals surface area contributed by atoms with E-state index in [4.69, 9.17) is 4.42 Å². The Hall–Kier alpha value is -1.95. The topological polar surface area (TPSA) is 53.0 Å². The molecule has 5 nitrogen and oxygen atoms in total. The summed E-state index contributed by atoms with van der Waals surface area (Å²) in [5, 5.41) is 1.04. The van der Waals surface area contributed by atoms with Crippen LogP contribution in [0.25, 0.3) is 11.1 Å². The Morgan fingerprint density at radius 3 is 2.75 bits per heavy atom. The van der Waals surface area contributed by atoms with Gasteiger partial charge in [0.2, 0.25) is 0 Å². The van der Waals surface area contributed by atoms with Crippen molar-refractivity contribution in [3.8, 4) is 0 Å². The van der Waals surface area contributed by atoms with Crippen LogP contribution in [0, 0.1) is 13.8 Å². The number of oxazole rings is 1. The van der Waals surface area contributed by atoms with Crippen LogP contribution in [0.3, 0.4) is 0 Å². The molecular formula is C18H23N3O2S. The normalized spacial score (nSPS) is 11.5. The number of aromatic nitrogens is 3. The number of imidazole rings is 1. The third-order valence-electron chi connectivity index (χ3n) is 4.28. The molecule has 128 valence electrons. The highest BCUT2D eigenvalue weighted by Gasteiger charge is 2.12. The molecule has 6 heteroatoms. The summed E-state index contributed by atoms with van der Waals surface area (Å²) in [6, 6.07) is 7.54. The molecule has 24 heavy (non-hydrogen) atoms. The minimum Gasteiger partial charge on any atom is -0.408 e. The summed E-state index contributed by atoms with van der Waals surface area (Å²) in [6.45, 7) is 7.98. The van der Waals surface area contributed by atoms with Gasteiger partial charge in [-0.05, 0) is 32.4 Å². The van der Waals surface area contributed by atoms with Crippen molar-refractivity contribution in [2.45, 2.75) is 51.9 Å². The molecule has 0 bridgehead atoms. The molecule has 2 heterocycles. The molecule has 0 saturated carbocycles. The van der Waals surface area contributed by atoms with E-state index in [-0.39, 0.29) is 5.76 Å². The first-order valence-corrected chi connectivity index (χ1v) is 9.35. The smallest absolute Gasteiger partial charge is 0.408 e. The number of nitrogens with zero attached hydrogens (tertiary/aromatic N) is 3. The molecule has 0 unspecified atom stereocenters. The van der Waals surface area contributed by atoms with E-state index in [1.54, 1.807) is 16.3 Å². The maximum absolute atomic E-state index is 12.0. The van der Waals surface area contributed by atoms with Crippen LogP contribution in [-0.4, -0.2) is 19.9 Å². The van der Waals surface area contributed by atoms with Crippen LogP contribution in [0.4, 0.5) is 0 Å². The third kappa shape index (κ3) is 3.29. The number of fused-ring (bicyclic) bond motifs is 1. The molecule has 0 amide bonds. The fourth-order valence-electron chi connectivity index (χ4n) is 2.77. The molecular weight excluding hydrogens is 322 g/mol. The van der Waals surface area contributed by atoms with Gasteiger partial charge in [0.05, 0.1) is 11.2 Å². The molecule has 0 spiro atoms. The van der Waals surface area contributed by atoms with Crippen molar-refractivity contribution < 1.29 is 4.42 Å². The van der Waals surface area contributed by atoms with Gasteiger partial charge in [-0.25, -0.2) is 9.78 Å². The van der Waals surface area contributed by atoms with Gasteiger partial charge < -0.3 is 8.98 Å². The second kappa shape index (κ2) is 7.30. The molecule has 0 aliphatic carbocycles. The molecule has 1 aromatic carbocycles. The zero-order chi connectivity index (χ0) is 17.1. The molecule has 0 radical (unpaired) electrons. The van der Waals surface area contributed by atoms with Gasteiger partial charge in [0.25, 0.3) is 0 Å². The molecule has 0 saturated heterocycles. The number of benzene rings is 1. The Balaban J connectivity index is 1.73. The fraction of sp³-hybridized carbons (Fsp3) is 0.444. The summed E-state index contributed by atoms with van der Waals surface area (Å²) in [6.07, 6.45) is 2.31. The summed E-state index contributed by atoms with van der Waals surface area (Å²) in [4.78, 5) is 16.7. The van der Waals surface area contributed by atoms with Gasteiger partial charge in [-0.15, -0.1) is 0 Å². The first-order chi connectivity index (χ1) is 11.6. The molecule has 3 rings (SSSR count). The van der Waals surface area contributed by atoms with Crippen LogP contribution < -0.4 is 5.76 Å². The Bertz CT molecular complexity index is 891. The lowest BCUT2D eigenvalue weighted by molar-refractivity contribution is 0.514. The number of hydrogen-bond acceptors (Lipinski definition) is 4. The van der Waals surface area contributed by atoms with Gasteiger partial charge in [-0.1, -0.05) is 37.2 Å². The predicted octanol–water partition coefficient (Wildman–Crippen LogP) is 4.00. The zero-order valence-corrected chi connectivity index (χ0v) is 15.2. The van der Waals surface area contributed by atoms with Crippen LogP contribution in [0.5, 0.6) is 0 Å². The van der Waals surface area contributed by atoms with Gasteiger partial charge >= 0.3 is 5.76 Å². The summed E-state index contributed by atoms with van der Waals surface area (Å²) in [7, 11) is 0. The highest BCUT2D eigenvalue weighted by atomic mass is 32.2. The molecule has 0 aliphatic rings. The van der Waals surface area contributed by atoms with Crippen LogP contribution in [0.15, 0.2) is 38.6 Å². The molecule has 0 aliphatic heterocycles. The van der Waals surface area contributed by atoms with E-state index >= 15 is 0 Å². The second-order valence-electron chi connectivity index (χ2n) is 5.91. The maximum Gasteiger partial charge on any atom is 0.419 e. The van der Waals surface area contributed by atoms with Crippen molar-refractivity contribution in [3.05, 3.63) is 46.2 Å². The lowest BCUT2D eigenvalue weighted by Crippen LogP contribution is -2.15. The summed E-state index contributed by atoms with van der Waals surface area (Å²) >= 11 is 1.70. The quantitative estimate of drug-likeness (QED) is 0.607. The third-order valence-corrected chi connectivity index (χ3v) is 5.23. The Morgan fingerprint density at radius 1 is 1.17 bits per heavy atom. The minimum atomic E-state index is -0.293. The summed E-state index contributed by atoms with van der Waals surface area (Å²) < 4.78 is 9.27. The highest BCUT2D eigenvalue weighted by molar-refractivity contribution is 7.99. The number of hydrogen-bond donors (Lipinski definition) is 0. The molecule has 0 fully saturated rings. The lowest BCUT2D eigenvalue weighted by atomic mass is 10.3. The van der Waals surface area contributed by atoms with Gasteiger partial charge in [0, 0.05) is 24.5 Å². The number of para-hydroxylation sites is 2. The van der Waals surface area contributed by atoms with Crippen molar-refractivity contribution in [3.63, 3.8) is 0 Å². The van der Waals surface area contributed by atoms with E-state index in [2.05, 4.69) is 30.3 Å². The zero-order valence-electron chi connectivity index (χ0n) is 14.4. The highest BCUT2D eigenvalue weighted by Crippen LogP contribution is 2.22. The average molecular weight is 345 g/mol. The van der Waals surface area contributed by atoms with Crippen molar-refractivity contribution in [1.29, 1.82) is 0 Å². The first-order valence-electron chi connectivity index (χ1n) is 8.36. The number of aryl methyl sites for hydroxylation is 2. The van der Waals surface area contributed by atoms with E-state index in [9.17, 15) is 4.79 Å². The largest absolute Gasteiger partial charge is 0.419 e. The van der Waals surface area contributed by atoms with Crippen LogP contribution >= 0.6 is 11.8 Å².